The first-order valence-electron chi connectivity index (χ1n) is 11.6. The zero-order valence-corrected chi connectivity index (χ0v) is 22.3. The predicted octanol–water partition coefficient (Wildman–Crippen LogP) is 1.02. The number of amides is 1. The van der Waals surface area contributed by atoms with E-state index in [0.29, 0.717) is 11.1 Å². The van der Waals surface area contributed by atoms with Gasteiger partial charge in [-0.15, -0.1) is 0 Å². The molecule has 0 saturated carbocycles. The van der Waals surface area contributed by atoms with Crippen LogP contribution in [0.25, 0.3) is 0 Å². The van der Waals surface area contributed by atoms with Gasteiger partial charge in [0.15, 0.2) is 0 Å². The number of carboxylic acid groups (broad SMARTS) is 1. The first kappa shape index (κ1) is 26.9. The number of hydrogen-bond donors (Lipinski definition) is 0. The molecule has 4 rings (SSSR count). The van der Waals surface area contributed by atoms with Gasteiger partial charge in [-0.2, -0.15) is 0 Å². The summed E-state index contributed by atoms with van der Waals surface area (Å²) in [6.07, 6.45) is 1.83. The number of hydrogen-bond acceptors (Lipinski definition) is 4. The molecule has 3 aromatic carbocycles. The molecule has 7 heteroatoms. The second-order valence-corrected chi connectivity index (χ2v) is 8.70. The molecule has 0 spiro atoms. The van der Waals surface area contributed by atoms with E-state index in [0.717, 1.165) is 37.3 Å². The topological polar surface area (TPSA) is 63.7 Å². The van der Waals surface area contributed by atoms with Crippen molar-refractivity contribution >= 4 is 23.3 Å². The summed E-state index contributed by atoms with van der Waals surface area (Å²) in [4.78, 5) is 27.5. The van der Waals surface area contributed by atoms with E-state index in [1.165, 1.54) is 24.1 Å². The second kappa shape index (κ2) is 12.3. The van der Waals surface area contributed by atoms with Crippen LogP contribution in [-0.2, 0) is 35.5 Å². The summed E-state index contributed by atoms with van der Waals surface area (Å²) >= 11 is 0. The van der Waals surface area contributed by atoms with Crippen molar-refractivity contribution in [3.05, 3.63) is 94.8 Å². The molecular weight excluding hydrogens is 454 g/mol. The minimum atomic E-state index is -1.21. The number of aryl methyl sites for hydroxylation is 2. The Balaban J connectivity index is 0.00000342. The van der Waals surface area contributed by atoms with Gasteiger partial charge in [-0.05, 0) is 60.1 Å². The van der Waals surface area contributed by atoms with Gasteiger partial charge in [-0.3, -0.25) is 4.79 Å². The summed E-state index contributed by atoms with van der Waals surface area (Å²) < 4.78 is 14.6. The molecule has 35 heavy (non-hydrogen) atoms. The fourth-order valence-corrected chi connectivity index (χ4v) is 4.57. The Kier molecular flexibility index (Phi) is 9.49. The van der Waals surface area contributed by atoms with Gasteiger partial charge in [0.1, 0.15) is 5.82 Å². The molecule has 1 aliphatic heterocycles. The number of carbonyl (C=O) groups excluding carboxylic acids is 2. The summed E-state index contributed by atoms with van der Waals surface area (Å²) in [5.74, 6) is -1.80. The molecule has 1 aliphatic rings. The Bertz CT molecular complexity index is 1190. The van der Waals surface area contributed by atoms with Crippen LogP contribution in [0, 0.1) is 5.82 Å². The van der Waals surface area contributed by atoms with Crippen LogP contribution in [-0.4, -0.2) is 18.4 Å². The van der Waals surface area contributed by atoms with E-state index in [-0.39, 0.29) is 54.9 Å². The smallest absolute Gasteiger partial charge is 0.550 e. The Labute approximate surface area is 227 Å². The first-order chi connectivity index (χ1) is 16.4. The largest absolute Gasteiger partial charge is 1.00 e. The number of aliphatic carboxylic acids is 1. The van der Waals surface area contributed by atoms with E-state index in [1.54, 1.807) is 17.0 Å². The van der Waals surface area contributed by atoms with Gasteiger partial charge in [0, 0.05) is 26.0 Å². The van der Waals surface area contributed by atoms with Crippen molar-refractivity contribution in [3.8, 4) is 0 Å². The molecule has 1 heterocycles. The molecule has 0 atom stereocenters. The minimum absolute atomic E-state index is 0. The van der Waals surface area contributed by atoms with Gasteiger partial charge in [-0.25, -0.2) is 4.39 Å². The van der Waals surface area contributed by atoms with Gasteiger partial charge in [-0.1, -0.05) is 54.6 Å². The van der Waals surface area contributed by atoms with Gasteiger partial charge in [0.25, 0.3) is 0 Å². The molecule has 0 aliphatic carbocycles. The number of anilines is 2. The number of fused-ring (bicyclic) bond motifs is 1. The van der Waals surface area contributed by atoms with Crippen LogP contribution in [0.5, 0.6) is 0 Å². The standard InChI is InChI=1S/C28H29FN2O3.Na/c1-20(32)31(19-22-12-13-23(25(29)17-22)14-15-27(33)34)26-11-5-9-24-10-6-16-30(28(24)26)18-21-7-3-2-4-8-21;/h2-5,7-9,11-13,17H,6,10,14-16,18-19H2,1H3,(H,33,34);/q;+1/p-1. The summed E-state index contributed by atoms with van der Waals surface area (Å²) in [6.45, 7) is 3.39. The fourth-order valence-electron chi connectivity index (χ4n) is 4.57. The number of carbonyl (C=O) groups is 2. The molecule has 0 aromatic heterocycles. The third-order valence-electron chi connectivity index (χ3n) is 6.23. The third kappa shape index (κ3) is 6.72. The summed E-state index contributed by atoms with van der Waals surface area (Å²) in [5.41, 5.74) is 5.26. The molecule has 1 amide bonds. The maximum absolute atomic E-state index is 14.6. The Morgan fingerprint density at radius 3 is 2.49 bits per heavy atom. The van der Waals surface area contributed by atoms with Crippen molar-refractivity contribution in [1.82, 2.24) is 0 Å². The van der Waals surface area contributed by atoms with Crippen LogP contribution in [0.4, 0.5) is 15.8 Å². The molecule has 5 nitrogen and oxygen atoms in total. The molecule has 0 fully saturated rings. The zero-order valence-electron chi connectivity index (χ0n) is 20.3. The van der Waals surface area contributed by atoms with Gasteiger partial charge < -0.3 is 19.7 Å². The Hall–Kier alpha value is -2.67. The van der Waals surface area contributed by atoms with Crippen LogP contribution >= 0.6 is 0 Å². The van der Waals surface area contributed by atoms with Crippen molar-refractivity contribution in [1.29, 1.82) is 0 Å². The zero-order chi connectivity index (χ0) is 24.1. The monoisotopic (exact) mass is 482 g/mol. The molecule has 0 bridgehead atoms. The summed E-state index contributed by atoms with van der Waals surface area (Å²) in [5, 5.41) is 10.7. The van der Waals surface area contributed by atoms with Crippen LogP contribution in [0.3, 0.4) is 0 Å². The van der Waals surface area contributed by atoms with Crippen molar-refractivity contribution in [2.24, 2.45) is 0 Å². The number of nitrogens with zero attached hydrogens (tertiary/aromatic N) is 2. The number of benzene rings is 3. The third-order valence-corrected chi connectivity index (χ3v) is 6.23. The quantitative estimate of drug-likeness (QED) is 0.450. The molecule has 0 radical (unpaired) electrons. The van der Waals surface area contributed by atoms with Crippen LogP contribution in [0.15, 0.2) is 66.7 Å². The first-order valence-corrected chi connectivity index (χ1v) is 11.6. The maximum atomic E-state index is 14.6. The fraction of sp³-hybridized carbons (Fsp3) is 0.286. The molecular formula is C28H28FN2NaO3. The van der Waals surface area contributed by atoms with E-state index in [9.17, 15) is 19.1 Å². The molecule has 0 N–H and O–H groups in total. The van der Waals surface area contributed by atoms with Crippen molar-refractivity contribution in [2.75, 3.05) is 16.3 Å². The Morgan fingerprint density at radius 1 is 1.03 bits per heavy atom. The van der Waals surface area contributed by atoms with Crippen LogP contribution < -0.4 is 44.5 Å². The van der Waals surface area contributed by atoms with E-state index in [1.807, 2.05) is 30.3 Å². The number of para-hydroxylation sites is 1. The van der Waals surface area contributed by atoms with Gasteiger partial charge >= 0.3 is 29.6 Å². The van der Waals surface area contributed by atoms with Crippen LogP contribution in [0.1, 0.15) is 42.0 Å². The predicted molar refractivity (Wildman–Crippen MR) is 129 cm³/mol. The van der Waals surface area contributed by atoms with E-state index in [2.05, 4.69) is 23.1 Å². The molecule has 0 saturated heterocycles. The van der Waals surface area contributed by atoms with Gasteiger partial charge in [0.2, 0.25) is 5.91 Å². The van der Waals surface area contributed by atoms with Crippen molar-refractivity contribution in [2.45, 2.75) is 45.7 Å². The minimum Gasteiger partial charge on any atom is -0.550 e. The van der Waals surface area contributed by atoms with Crippen LogP contribution in [0.2, 0.25) is 0 Å². The van der Waals surface area contributed by atoms with Crippen molar-refractivity contribution < 1.29 is 48.6 Å². The maximum Gasteiger partial charge on any atom is 1.00 e. The summed E-state index contributed by atoms with van der Waals surface area (Å²) in [7, 11) is 0. The van der Waals surface area contributed by atoms with E-state index in [4.69, 9.17) is 0 Å². The summed E-state index contributed by atoms with van der Waals surface area (Å²) in [6, 6.07) is 21.0. The molecule has 176 valence electrons. The average molecular weight is 483 g/mol. The van der Waals surface area contributed by atoms with E-state index < -0.39 is 11.8 Å². The molecule has 0 unspecified atom stereocenters. The number of carboxylic acids is 1. The van der Waals surface area contributed by atoms with E-state index >= 15 is 0 Å². The normalized spacial score (nSPS) is 12.5. The second-order valence-electron chi connectivity index (χ2n) is 8.70. The Morgan fingerprint density at radius 2 is 1.80 bits per heavy atom. The number of rotatable bonds is 8. The van der Waals surface area contributed by atoms with Crippen molar-refractivity contribution in [3.63, 3.8) is 0 Å². The van der Waals surface area contributed by atoms with Gasteiger partial charge in [0.05, 0.1) is 17.9 Å². The average Bonchev–Trinajstić information content (AvgIpc) is 2.82. The SMILES string of the molecule is CC(=O)N(Cc1ccc(CCC(=O)[O-])c(F)c1)c1cccc2c1N(Cc1ccccc1)CCC2.[Na+]. The number of halogens is 1. The molecule has 3 aromatic rings.